The Balaban J connectivity index is 2.41. The molecule has 2 N–H and O–H groups in total. The number of aromatic nitrogens is 3. The summed E-state index contributed by atoms with van der Waals surface area (Å²) in [5.74, 6) is -0.618. The van der Waals surface area contributed by atoms with Crippen LogP contribution < -0.4 is 10.9 Å². The molecule has 8 heteroatoms. The zero-order chi connectivity index (χ0) is 17.0. The minimum absolute atomic E-state index is 0.0338. The lowest BCUT2D eigenvalue weighted by Crippen LogP contribution is -2.38. The average Bonchev–Trinajstić information content (AvgIpc) is 2.52. The minimum atomic E-state index is -1.81. The molecule has 2 aromatic rings. The minimum Gasteiger partial charge on any atom is -0.383 e. The lowest BCUT2D eigenvalue weighted by molar-refractivity contribution is 0.332. The fourth-order valence-corrected chi connectivity index (χ4v) is 2.80. The van der Waals surface area contributed by atoms with Gasteiger partial charge in [0.25, 0.3) is 5.56 Å². The van der Waals surface area contributed by atoms with Gasteiger partial charge in [0.1, 0.15) is 10.8 Å². The molecule has 0 aliphatic heterocycles. The summed E-state index contributed by atoms with van der Waals surface area (Å²) in [4.78, 5) is 16.6. The second-order valence-electron chi connectivity index (χ2n) is 5.96. The van der Waals surface area contributed by atoms with E-state index in [1.807, 2.05) is 32.9 Å². The number of nitrogens with one attached hydrogen (secondary N) is 1. The fourth-order valence-electron chi connectivity index (χ4n) is 2.02. The monoisotopic (exact) mass is 336 g/mol. The molecule has 0 spiro atoms. The molecule has 0 amide bonds. The average molecular weight is 336 g/mol. The summed E-state index contributed by atoms with van der Waals surface area (Å²) in [5.41, 5.74) is 0.305. The van der Waals surface area contributed by atoms with Gasteiger partial charge >= 0.3 is 0 Å². The predicted octanol–water partition coefficient (Wildman–Crippen LogP) is 1.06. The molecule has 0 saturated carbocycles. The molecule has 23 heavy (non-hydrogen) atoms. The van der Waals surface area contributed by atoms with E-state index in [4.69, 9.17) is 0 Å². The summed E-state index contributed by atoms with van der Waals surface area (Å²) >= 11 is 0. The van der Waals surface area contributed by atoms with E-state index in [1.165, 1.54) is 10.9 Å². The van der Waals surface area contributed by atoms with Crippen molar-refractivity contribution in [3.8, 4) is 0 Å². The Labute approximate surface area is 136 Å². The Morgan fingerprint density at radius 1 is 1.30 bits per heavy atom. The number of pyridine rings is 1. The van der Waals surface area contributed by atoms with Crippen LogP contribution in [0.1, 0.15) is 26.3 Å². The zero-order valence-electron chi connectivity index (χ0n) is 13.3. The first-order valence-corrected chi connectivity index (χ1v) is 8.41. The van der Waals surface area contributed by atoms with E-state index in [0.717, 1.165) is 5.56 Å². The molecule has 0 fully saturated rings. The third-order valence-corrected chi connectivity index (χ3v) is 4.23. The molecular weight excluding hydrogens is 316 g/mol. The topological polar surface area (TPSA) is 97.1 Å². The highest BCUT2D eigenvalue weighted by molar-refractivity contribution is 7.85. The van der Waals surface area contributed by atoms with Crippen molar-refractivity contribution in [2.24, 2.45) is 0 Å². The number of anilines is 1. The Hall–Kier alpha value is -2.06. The largest absolute Gasteiger partial charge is 0.383 e. The van der Waals surface area contributed by atoms with Gasteiger partial charge in [-0.15, -0.1) is 0 Å². The van der Waals surface area contributed by atoms with Crippen LogP contribution in [0.15, 0.2) is 40.4 Å². The normalized spacial score (nSPS) is 12.9. The van der Waals surface area contributed by atoms with Gasteiger partial charge in [-0.1, -0.05) is 0 Å². The Bertz CT molecular complexity index is 754. The van der Waals surface area contributed by atoms with Crippen molar-refractivity contribution in [2.75, 3.05) is 11.3 Å². The molecule has 2 aromatic heterocycles. The van der Waals surface area contributed by atoms with E-state index in [0.29, 0.717) is 12.2 Å². The molecule has 0 saturated heterocycles. The van der Waals surface area contributed by atoms with Crippen LogP contribution in [0.5, 0.6) is 0 Å². The molecule has 1 atom stereocenters. The first-order valence-electron chi connectivity index (χ1n) is 7.09. The molecular formula is C15H20N4O3S. The van der Waals surface area contributed by atoms with Crippen LogP contribution in [0.2, 0.25) is 0 Å². The number of nitrogens with zero attached hydrogens (tertiary/aromatic N) is 3. The zero-order valence-corrected chi connectivity index (χ0v) is 14.1. The van der Waals surface area contributed by atoms with Gasteiger partial charge in [0.15, 0.2) is 0 Å². The summed E-state index contributed by atoms with van der Waals surface area (Å²) in [5, 5.41) is 16.4. The van der Waals surface area contributed by atoms with Crippen molar-refractivity contribution in [2.45, 2.75) is 37.8 Å². The lowest BCUT2D eigenvalue weighted by atomic mass is 10.1. The molecule has 0 bridgehead atoms. The van der Waals surface area contributed by atoms with Crippen LogP contribution in [0, 0.1) is 0 Å². The summed E-state index contributed by atoms with van der Waals surface area (Å²) in [6.45, 7) is 5.92. The van der Waals surface area contributed by atoms with Crippen molar-refractivity contribution >= 4 is 16.5 Å². The number of rotatable bonds is 5. The summed E-state index contributed by atoms with van der Waals surface area (Å²) in [6.07, 6.45) is 4.80. The van der Waals surface area contributed by atoms with Crippen LogP contribution in [0.3, 0.4) is 0 Å². The molecule has 2 rings (SSSR count). The lowest BCUT2D eigenvalue weighted by Gasteiger charge is -2.22. The maximum absolute atomic E-state index is 12.6. The SMILES string of the molecule is CC(C)(C)n1ncc(NCc2ccncc2)c(S(=O)CO)c1=O. The smallest absolute Gasteiger partial charge is 0.285 e. The van der Waals surface area contributed by atoms with Crippen molar-refractivity contribution in [3.63, 3.8) is 0 Å². The summed E-state index contributed by atoms with van der Waals surface area (Å²) in [6, 6.07) is 3.67. The van der Waals surface area contributed by atoms with E-state index in [2.05, 4.69) is 15.4 Å². The van der Waals surface area contributed by atoms with Crippen LogP contribution in [0.4, 0.5) is 5.69 Å². The molecule has 0 aromatic carbocycles. The maximum atomic E-state index is 12.6. The van der Waals surface area contributed by atoms with Crippen molar-refractivity contribution in [1.29, 1.82) is 0 Å². The van der Waals surface area contributed by atoms with Gasteiger partial charge in [0.05, 0.1) is 28.2 Å². The van der Waals surface area contributed by atoms with Gasteiger partial charge in [0, 0.05) is 18.9 Å². The Morgan fingerprint density at radius 2 is 1.96 bits per heavy atom. The van der Waals surface area contributed by atoms with Crippen LogP contribution in [0.25, 0.3) is 0 Å². The van der Waals surface area contributed by atoms with Gasteiger partial charge < -0.3 is 10.4 Å². The van der Waals surface area contributed by atoms with Crippen LogP contribution >= 0.6 is 0 Å². The maximum Gasteiger partial charge on any atom is 0.285 e. The van der Waals surface area contributed by atoms with E-state index in [1.54, 1.807) is 12.4 Å². The number of aliphatic hydroxyl groups excluding tert-OH is 1. The number of hydrogen-bond donors (Lipinski definition) is 2. The van der Waals surface area contributed by atoms with E-state index in [9.17, 15) is 14.1 Å². The predicted molar refractivity (Wildman–Crippen MR) is 88.6 cm³/mol. The summed E-state index contributed by atoms with van der Waals surface area (Å²) in [7, 11) is -1.81. The van der Waals surface area contributed by atoms with Crippen molar-refractivity contribution in [3.05, 3.63) is 46.6 Å². The highest BCUT2D eigenvalue weighted by atomic mass is 32.2. The van der Waals surface area contributed by atoms with E-state index >= 15 is 0 Å². The molecule has 0 aliphatic rings. The second kappa shape index (κ2) is 7.01. The quantitative estimate of drug-likeness (QED) is 0.847. The first-order chi connectivity index (χ1) is 10.8. The Morgan fingerprint density at radius 3 is 2.52 bits per heavy atom. The van der Waals surface area contributed by atoms with Gasteiger partial charge in [0.2, 0.25) is 0 Å². The highest BCUT2D eigenvalue weighted by Crippen LogP contribution is 2.18. The molecule has 0 aliphatic carbocycles. The van der Waals surface area contributed by atoms with Crippen LogP contribution in [-0.2, 0) is 22.9 Å². The number of hydrogen-bond acceptors (Lipinski definition) is 6. The molecule has 2 heterocycles. The van der Waals surface area contributed by atoms with Gasteiger partial charge in [-0.2, -0.15) is 5.10 Å². The van der Waals surface area contributed by atoms with Gasteiger partial charge in [-0.3, -0.25) is 14.0 Å². The van der Waals surface area contributed by atoms with E-state index in [-0.39, 0.29) is 4.90 Å². The summed E-state index contributed by atoms with van der Waals surface area (Å²) < 4.78 is 13.4. The second-order valence-corrected chi connectivity index (χ2v) is 7.32. The fraction of sp³-hybridized carbons (Fsp3) is 0.400. The van der Waals surface area contributed by atoms with E-state index < -0.39 is 27.8 Å². The molecule has 1 unspecified atom stereocenters. The third kappa shape index (κ3) is 4.02. The Kier molecular flexibility index (Phi) is 5.27. The van der Waals surface area contributed by atoms with Gasteiger partial charge in [-0.25, -0.2) is 4.68 Å². The van der Waals surface area contributed by atoms with Crippen LogP contribution in [-0.4, -0.2) is 30.0 Å². The van der Waals surface area contributed by atoms with Crippen molar-refractivity contribution in [1.82, 2.24) is 14.8 Å². The van der Waals surface area contributed by atoms with Gasteiger partial charge in [-0.05, 0) is 38.5 Å². The highest BCUT2D eigenvalue weighted by Gasteiger charge is 2.23. The first kappa shape index (κ1) is 17.3. The molecule has 0 radical (unpaired) electrons. The van der Waals surface area contributed by atoms with Crippen molar-refractivity contribution < 1.29 is 9.32 Å². The molecule has 7 nitrogen and oxygen atoms in total. The third-order valence-electron chi connectivity index (χ3n) is 3.15. The number of aliphatic hydroxyl groups is 1. The molecule has 124 valence electrons. The standard InChI is InChI=1S/C15H20N4O3S/c1-15(2,3)19-14(21)13(23(22)10-20)12(9-18-19)17-8-11-4-6-16-7-5-11/h4-7,9,17,20H,8,10H2,1-3H3.